The first kappa shape index (κ1) is 27.5. The standard InChI is InChI=1S/C31H27N5O4S/c1-2-39-27-17-21(15-16-26(27)40-20-24-13-8-12-22-9-6-7-14-25(22)24)19-32-34-28(37)18-29-35-36-31(41-29)33-30(38)23-10-4-3-5-11-23/h3-17,19H,2,18,20H2,1H3,(H,34,37)(H,33,36,38)/b32-19-. The zero-order chi connectivity index (χ0) is 28.4. The highest BCUT2D eigenvalue weighted by molar-refractivity contribution is 7.15. The second kappa shape index (κ2) is 13.3. The minimum Gasteiger partial charge on any atom is -0.490 e. The van der Waals surface area contributed by atoms with Gasteiger partial charge in [-0.25, -0.2) is 5.43 Å². The lowest BCUT2D eigenvalue weighted by molar-refractivity contribution is -0.120. The van der Waals surface area contributed by atoms with E-state index in [0.29, 0.717) is 40.4 Å². The molecule has 0 aliphatic rings. The molecule has 1 heterocycles. The van der Waals surface area contributed by atoms with Gasteiger partial charge in [0.1, 0.15) is 11.6 Å². The highest BCUT2D eigenvalue weighted by Crippen LogP contribution is 2.30. The van der Waals surface area contributed by atoms with Crippen LogP contribution in [0.1, 0.15) is 33.4 Å². The molecule has 0 fully saturated rings. The Labute approximate surface area is 240 Å². The lowest BCUT2D eigenvalue weighted by atomic mass is 10.1. The van der Waals surface area contributed by atoms with Crippen LogP contribution in [-0.2, 0) is 17.8 Å². The molecular formula is C31H27N5O4S. The molecule has 0 bridgehead atoms. The van der Waals surface area contributed by atoms with Gasteiger partial charge < -0.3 is 9.47 Å². The number of benzene rings is 4. The fourth-order valence-electron chi connectivity index (χ4n) is 4.06. The number of ether oxygens (including phenoxy) is 2. The van der Waals surface area contributed by atoms with Gasteiger partial charge in [0.2, 0.25) is 11.0 Å². The third-order valence-electron chi connectivity index (χ3n) is 5.97. The van der Waals surface area contributed by atoms with Crippen molar-refractivity contribution >= 4 is 45.3 Å². The van der Waals surface area contributed by atoms with Gasteiger partial charge in [0.15, 0.2) is 11.5 Å². The van der Waals surface area contributed by atoms with Crippen molar-refractivity contribution in [2.75, 3.05) is 11.9 Å². The van der Waals surface area contributed by atoms with E-state index in [1.165, 1.54) is 6.21 Å². The molecule has 2 N–H and O–H groups in total. The summed E-state index contributed by atoms with van der Waals surface area (Å²) in [5.74, 6) is 0.548. The van der Waals surface area contributed by atoms with Gasteiger partial charge in [-0.1, -0.05) is 72.0 Å². The summed E-state index contributed by atoms with van der Waals surface area (Å²) in [7, 11) is 0. The summed E-state index contributed by atoms with van der Waals surface area (Å²) in [4.78, 5) is 24.6. The van der Waals surface area contributed by atoms with Crippen molar-refractivity contribution in [1.29, 1.82) is 0 Å². The normalized spacial score (nSPS) is 11.0. The zero-order valence-corrected chi connectivity index (χ0v) is 23.1. The van der Waals surface area contributed by atoms with E-state index in [0.717, 1.165) is 33.2 Å². The summed E-state index contributed by atoms with van der Waals surface area (Å²) in [6.07, 6.45) is 1.50. The van der Waals surface area contributed by atoms with Crippen molar-refractivity contribution < 1.29 is 19.1 Å². The van der Waals surface area contributed by atoms with E-state index in [1.54, 1.807) is 24.3 Å². The Morgan fingerprint density at radius 1 is 0.902 bits per heavy atom. The number of rotatable bonds is 11. The topological polar surface area (TPSA) is 115 Å². The second-order valence-electron chi connectivity index (χ2n) is 8.86. The van der Waals surface area contributed by atoms with Crippen molar-refractivity contribution in [1.82, 2.24) is 15.6 Å². The highest BCUT2D eigenvalue weighted by Gasteiger charge is 2.13. The predicted octanol–water partition coefficient (Wildman–Crippen LogP) is 5.61. The van der Waals surface area contributed by atoms with Crippen LogP contribution >= 0.6 is 11.3 Å². The van der Waals surface area contributed by atoms with Crippen LogP contribution in [0.25, 0.3) is 10.8 Å². The molecule has 10 heteroatoms. The SMILES string of the molecule is CCOc1cc(/C=N\NC(=O)Cc2nnc(NC(=O)c3ccccc3)s2)ccc1OCc1cccc2ccccc12. The van der Waals surface area contributed by atoms with Crippen molar-refractivity contribution in [3.63, 3.8) is 0 Å². The molecule has 41 heavy (non-hydrogen) atoms. The zero-order valence-electron chi connectivity index (χ0n) is 22.2. The number of hydrogen-bond acceptors (Lipinski definition) is 8. The van der Waals surface area contributed by atoms with Gasteiger partial charge in [-0.2, -0.15) is 5.10 Å². The Balaban J connectivity index is 1.16. The Morgan fingerprint density at radius 3 is 2.56 bits per heavy atom. The molecule has 5 rings (SSSR count). The van der Waals surface area contributed by atoms with E-state index in [4.69, 9.17) is 9.47 Å². The summed E-state index contributed by atoms with van der Waals surface area (Å²) in [6.45, 7) is 2.77. The number of fused-ring (bicyclic) bond motifs is 1. The summed E-state index contributed by atoms with van der Waals surface area (Å²) in [6, 6.07) is 28.6. The number of nitrogens with one attached hydrogen (secondary N) is 2. The average Bonchev–Trinajstić information content (AvgIpc) is 3.43. The van der Waals surface area contributed by atoms with Crippen LogP contribution in [-0.4, -0.2) is 34.8 Å². The smallest absolute Gasteiger partial charge is 0.257 e. The van der Waals surface area contributed by atoms with Gasteiger partial charge in [-0.3, -0.25) is 14.9 Å². The van der Waals surface area contributed by atoms with E-state index in [2.05, 4.69) is 50.3 Å². The third kappa shape index (κ3) is 7.31. The van der Waals surface area contributed by atoms with Gasteiger partial charge in [-0.15, -0.1) is 10.2 Å². The lowest BCUT2D eigenvalue weighted by Crippen LogP contribution is -2.19. The average molecular weight is 566 g/mol. The Hall–Kier alpha value is -5.09. The molecule has 0 spiro atoms. The van der Waals surface area contributed by atoms with Crippen LogP contribution in [0.5, 0.6) is 11.5 Å². The molecule has 0 unspecified atom stereocenters. The van der Waals surface area contributed by atoms with Crippen LogP contribution in [0.4, 0.5) is 5.13 Å². The molecular weight excluding hydrogens is 538 g/mol. The number of nitrogens with zero attached hydrogens (tertiary/aromatic N) is 3. The van der Waals surface area contributed by atoms with E-state index in [-0.39, 0.29) is 18.2 Å². The molecule has 2 amide bonds. The molecule has 0 atom stereocenters. The number of hydrazone groups is 1. The number of carbonyl (C=O) groups excluding carboxylic acids is 2. The number of anilines is 1. The first-order valence-electron chi connectivity index (χ1n) is 13.0. The van der Waals surface area contributed by atoms with Gasteiger partial charge >= 0.3 is 0 Å². The van der Waals surface area contributed by atoms with Crippen molar-refractivity contribution in [3.8, 4) is 11.5 Å². The number of carbonyl (C=O) groups is 2. The monoisotopic (exact) mass is 565 g/mol. The Kier molecular flexibility index (Phi) is 8.92. The summed E-state index contributed by atoms with van der Waals surface area (Å²) in [5, 5.41) is 17.7. The first-order valence-corrected chi connectivity index (χ1v) is 13.8. The van der Waals surface area contributed by atoms with Crippen LogP contribution in [0, 0.1) is 0 Å². The summed E-state index contributed by atoms with van der Waals surface area (Å²) < 4.78 is 11.9. The fourth-order valence-corrected chi connectivity index (χ4v) is 4.79. The maximum Gasteiger partial charge on any atom is 0.257 e. The van der Waals surface area contributed by atoms with Crippen LogP contribution < -0.4 is 20.2 Å². The van der Waals surface area contributed by atoms with E-state index in [9.17, 15) is 9.59 Å². The first-order chi connectivity index (χ1) is 20.1. The van der Waals surface area contributed by atoms with Gasteiger partial charge in [0.25, 0.3) is 5.91 Å². The molecule has 0 aliphatic carbocycles. The Morgan fingerprint density at radius 2 is 1.71 bits per heavy atom. The second-order valence-corrected chi connectivity index (χ2v) is 9.92. The molecule has 5 aromatic rings. The maximum absolute atomic E-state index is 12.4. The van der Waals surface area contributed by atoms with Crippen LogP contribution in [0.15, 0.2) is 96.1 Å². The molecule has 0 saturated heterocycles. The molecule has 206 valence electrons. The fraction of sp³-hybridized carbons (Fsp3) is 0.129. The largest absolute Gasteiger partial charge is 0.490 e. The van der Waals surface area contributed by atoms with E-state index < -0.39 is 0 Å². The summed E-state index contributed by atoms with van der Waals surface area (Å²) >= 11 is 1.13. The third-order valence-corrected chi connectivity index (χ3v) is 6.81. The number of amides is 2. The minimum atomic E-state index is -0.363. The highest BCUT2D eigenvalue weighted by atomic mass is 32.1. The van der Waals surface area contributed by atoms with Crippen molar-refractivity contribution in [2.45, 2.75) is 20.0 Å². The molecule has 9 nitrogen and oxygen atoms in total. The maximum atomic E-state index is 12.4. The molecule has 0 aliphatic heterocycles. The predicted molar refractivity (Wildman–Crippen MR) is 160 cm³/mol. The van der Waals surface area contributed by atoms with Gasteiger partial charge in [-0.05, 0) is 59.2 Å². The molecule has 0 radical (unpaired) electrons. The quantitative estimate of drug-likeness (QED) is 0.159. The molecule has 4 aromatic carbocycles. The van der Waals surface area contributed by atoms with Gasteiger partial charge in [0.05, 0.1) is 19.2 Å². The van der Waals surface area contributed by atoms with E-state index >= 15 is 0 Å². The number of aromatic nitrogens is 2. The Bertz CT molecular complexity index is 1680. The van der Waals surface area contributed by atoms with Crippen molar-refractivity contribution in [3.05, 3.63) is 113 Å². The van der Waals surface area contributed by atoms with Crippen LogP contribution in [0.3, 0.4) is 0 Å². The number of hydrogen-bond donors (Lipinski definition) is 2. The molecule has 1 aromatic heterocycles. The minimum absolute atomic E-state index is 0.0264. The van der Waals surface area contributed by atoms with E-state index in [1.807, 2.05) is 49.4 Å². The van der Waals surface area contributed by atoms with Crippen molar-refractivity contribution in [2.24, 2.45) is 5.10 Å². The van der Waals surface area contributed by atoms with Gasteiger partial charge in [0, 0.05) is 5.56 Å². The lowest BCUT2D eigenvalue weighted by Gasteiger charge is -2.13. The summed E-state index contributed by atoms with van der Waals surface area (Å²) in [5.41, 5.74) is 4.82. The van der Waals surface area contributed by atoms with Crippen LogP contribution in [0.2, 0.25) is 0 Å². The molecule has 0 saturated carbocycles.